The van der Waals surface area contributed by atoms with Crippen molar-refractivity contribution < 1.29 is 4.39 Å². The minimum Gasteiger partial charge on any atom is -0.312 e. The molecule has 0 unspecified atom stereocenters. The molecule has 0 saturated carbocycles. The molecule has 0 amide bonds. The van der Waals surface area contributed by atoms with Crippen LogP contribution >= 0.6 is 22.6 Å². The average Bonchev–Trinajstić information content (AvgIpc) is 2.74. The van der Waals surface area contributed by atoms with E-state index in [2.05, 4.69) is 15.1 Å². The van der Waals surface area contributed by atoms with Gasteiger partial charge in [-0.25, -0.2) is 14.1 Å². The van der Waals surface area contributed by atoms with Crippen LogP contribution in [-0.2, 0) is 0 Å². The van der Waals surface area contributed by atoms with E-state index in [1.54, 1.807) is 6.07 Å². The third-order valence-electron chi connectivity index (χ3n) is 2.51. The van der Waals surface area contributed by atoms with Crippen LogP contribution in [0.5, 0.6) is 0 Å². The molecule has 90 valence electrons. The molecule has 3 rings (SSSR count). The van der Waals surface area contributed by atoms with Gasteiger partial charge < -0.3 is 4.98 Å². The number of nitrogens with zero attached hydrogens (tertiary/aromatic N) is 3. The van der Waals surface area contributed by atoms with Gasteiger partial charge >= 0.3 is 0 Å². The van der Waals surface area contributed by atoms with Gasteiger partial charge in [0.15, 0.2) is 5.65 Å². The highest BCUT2D eigenvalue weighted by Gasteiger charge is 2.11. The van der Waals surface area contributed by atoms with Gasteiger partial charge in [-0.05, 0) is 40.8 Å². The molecule has 1 aromatic carbocycles. The van der Waals surface area contributed by atoms with Crippen LogP contribution in [0, 0.1) is 9.39 Å². The molecule has 7 heteroatoms. The van der Waals surface area contributed by atoms with Gasteiger partial charge in [0.25, 0.3) is 5.56 Å². The molecule has 18 heavy (non-hydrogen) atoms. The largest absolute Gasteiger partial charge is 0.312 e. The Hall–Kier alpha value is -1.77. The lowest BCUT2D eigenvalue weighted by Crippen LogP contribution is -2.07. The Bertz CT molecular complexity index is 795. The molecular formula is C11H6FIN4O. The van der Waals surface area contributed by atoms with E-state index in [0.717, 1.165) is 0 Å². The van der Waals surface area contributed by atoms with Gasteiger partial charge in [0.05, 0.1) is 18.2 Å². The summed E-state index contributed by atoms with van der Waals surface area (Å²) in [5, 5.41) is 4.52. The molecule has 0 aliphatic rings. The van der Waals surface area contributed by atoms with E-state index in [1.807, 2.05) is 22.6 Å². The highest BCUT2D eigenvalue weighted by atomic mass is 127. The molecule has 5 nitrogen and oxygen atoms in total. The van der Waals surface area contributed by atoms with E-state index in [9.17, 15) is 9.18 Å². The predicted octanol–water partition coefficient (Wildman–Crippen LogP) is 1.85. The third-order valence-corrected chi connectivity index (χ3v) is 3.37. The van der Waals surface area contributed by atoms with E-state index in [4.69, 9.17) is 0 Å². The van der Waals surface area contributed by atoms with E-state index in [0.29, 0.717) is 20.3 Å². The smallest absolute Gasteiger partial charge is 0.261 e. The summed E-state index contributed by atoms with van der Waals surface area (Å²) < 4.78 is 15.3. The predicted molar refractivity (Wildman–Crippen MR) is 72.2 cm³/mol. The summed E-state index contributed by atoms with van der Waals surface area (Å²) in [6.07, 6.45) is 2.76. The van der Waals surface area contributed by atoms with E-state index in [1.165, 1.54) is 29.3 Å². The number of hydrogen-bond acceptors (Lipinski definition) is 3. The molecule has 0 saturated heterocycles. The van der Waals surface area contributed by atoms with Crippen molar-refractivity contribution in [2.75, 3.05) is 0 Å². The van der Waals surface area contributed by atoms with Gasteiger partial charge in [-0.2, -0.15) is 5.10 Å². The van der Waals surface area contributed by atoms with Crippen LogP contribution in [0.3, 0.4) is 0 Å². The normalized spacial score (nSPS) is 11.0. The lowest BCUT2D eigenvalue weighted by atomic mass is 10.3. The number of fused-ring (bicyclic) bond motifs is 1. The maximum atomic E-state index is 13.1. The maximum Gasteiger partial charge on any atom is 0.261 e. The van der Waals surface area contributed by atoms with E-state index >= 15 is 0 Å². The van der Waals surface area contributed by atoms with E-state index in [-0.39, 0.29) is 11.4 Å². The molecule has 0 spiro atoms. The third kappa shape index (κ3) is 1.70. The molecule has 0 bridgehead atoms. The van der Waals surface area contributed by atoms with Crippen LogP contribution in [0.25, 0.3) is 16.7 Å². The molecule has 0 fully saturated rings. The number of halogens is 2. The van der Waals surface area contributed by atoms with Crippen molar-refractivity contribution in [1.29, 1.82) is 0 Å². The summed E-state index contributed by atoms with van der Waals surface area (Å²) in [6, 6.07) is 4.35. The first-order valence-electron chi connectivity index (χ1n) is 5.03. The molecular weight excluding hydrogens is 350 g/mol. The van der Waals surface area contributed by atoms with Crippen molar-refractivity contribution in [3.8, 4) is 5.69 Å². The fourth-order valence-corrected chi connectivity index (χ4v) is 2.39. The zero-order chi connectivity index (χ0) is 12.7. The van der Waals surface area contributed by atoms with Gasteiger partial charge in [-0.1, -0.05) is 0 Å². The number of hydrogen-bond donors (Lipinski definition) is 1. The van der Waals surface area contributed by atoms with Gasteiger partial charge in [-0.3, -0.25) is 4.79 Å². The van der Waals surface area contributed by atoms with Crippen molar-refractivity contribution >= 4 is 33.6 Å². The number of aromatic amines is 1. The quantitative estimate of drug-likeness (QED) is 0.677. The summed E-state index contributed by atoms with van der Waals surface area (Å²) in [7, 11) is 0. The van der Waals surface area contributed by atoms with Crippen LogP contribution in [0.1, 0.15) is 0 Å². The SMILES string of the molecule is O=c1[nH]cnc2c1cnn2-c1ccc(F)cc1I. The lowest BCUT2D eigenvalue weighted by Gasteiger charge is -2.05. The van der Waals surface area contributed by atoms with Crippen molar-refractivity contribution in [3.63, 3.8) is 0 Å². The minimum absolute atomic E-state index is 0.247. The van der Waals surface area contributed by atoms with Crippen molar-refractivity contribution in [1.82, 2.24) is 19.7 Å². The van der Waals surface area contributed by atoms with Crippen LogP contribution in [0.4, 0.5) is 4.39 Å². The summed E-state index contributed by atoms with van der Waals surface area (Å²) in [5.41, 5.74) is 0.886. The summed E-state index contributed by atoms with van der Waals surface area (Å²) in [4.78, 5) is 18.1. The first-order chi connectivity index (χ1) is 8.66. The molecule has 2 aromatic heterocycles. The van der Waals surface area contributed by atoms with Crippen molar-refractivity contribution in [2.45, 2.75) is 0 Å². The van der Waals surface area contributed by atoms with Gasteiger partial charge in [0.1, 0.15) is 11.2 Å². The Kier molecular flexibility index (Phi) is 2.62. The second-order valence-electron chi connectivity index (χ2n) is 3.62. The summed E-state index contributed by atoms with van der Waals surface area (Å²) >= 11 is 2.01. The number of rotatable bonds is 1. The zero-order valence-electron chi connectivity index (χ0n) is 8.89. The monoisotopic (exact) mass is 356 g/mol. The maximum absolute atomic E-state index is 13.1. The molecule has 2 heterocycles. The Morgan fingerprint density at radius 1 is 1.39 bits per heavy atom. The zero-order valence-corrected chi connectivity index (χ0v) is 11.1. The highest BCUT2D eigenvalue weighted by Crippen LogP contribution is 2.20. The molecule has 0 radical (unpaired) electrons. The summed E-state index contributed by atoms with van der Waals surface area (Å²) in [6.45, 7) is 0. The fraction of sp³-hybridized carbons (Fsp3) is 0. The minimum atomic E-state index is -0.314. The number of benzene rings is 1. The van der Waals surface area contributed by atoms with Gasteiger partial charge in [0, 0.05) is 3.57 Å². The Balaban J connectivity index is 2.32. The molecule has 3 aromatic rings. The molecule has 0 atom stereocenters. The standard InChI is InChI=1S/C11H6FIN4O/c12-6-1-2-9(8(13)3-6)17-10-7(4-16-17)11(18)15-5-14-10/h1-5H,(H,14,15,18). The molecule has 0 aliphatic carbocycles. The van der Waals surface area contributed by atoms with Gasteiger partial charge in [-0.15, -0.1) is 0 Å². The number of aromatic nitrogens is 4. The van der Waals surface area contributed by atoms with Crippen LogP contribution in [0.2, 0.25) is 0 Å². The fourth-order valence-electron chi connectivity index (χ4n) is 1.69. The molecule has 1 N–H and O–H groups in total. The number of nitrogens with one attached hydrogen (secondary N) is 1. The van der Waals surface area contributed by atoms with Crippen LogP contribution < -0.4 is 5.56 Å². The lowest BCUT2D eigenvalue weighted by molar-refractivity contribution is 0.626. The van der Waals surface area contributed by atoms with E-state index < -0.39 is 0 Å². The number of H-pyrrole nitrogens is 1. The Morgan fingerprint density at radius 2 is 2.22 bits per heavy atom. The first-order valence-corrected chi connectivity index (χ1v) is 6.11. The molecule has 0 aliphatic heterocycles. The first kappa shape index (κ1) is 11.3. The summed E-state index contributed by atoms with van der Waals surface area (Å²) in [5.74, 6) is -0.314. The second-order valence-corrected chi connectivity index (χ2v) is 4.78. The average molecular weight is 356 g/mol. The Labute approximate surface area is 114 Å². The highest BCUT2D eigenvalue weighted by molar-refractivity contribution is 14.1. The van der Waals surface area contributed by atoms with Crippen LogP contribution in [-0.4, -0.2) is 19.7 Å². The topological polar surface area (TPSA) is 63.6 Å². The Morgan fingerprint density at radius 3 is 3.00 bits per heavy atom. The van der Waals surface area contributed by atoms with Crippen LogP contribution in [0.15, 0.2) is 35.5 Å². The van der Waals surface area contributed by atoms with Crippen molar-refractivity contribution in [2.24, 2.45) is 0 Å². The van der Waals surface area contributed by atoms with Crippen molar-refractivity contribution in [3.05, 3.63) is 50.5 Å². The second kappa shape index (κ2) is 4.16. The van der Waals surface area contributed by atoms with Gasteiger partial charge in [0.2, 0.25) is 0 Å².